The number of carbonyl (C=O) groups is 1. The van der Waals surface area contributed by atoms with E-state index < -0.39 is 4.92 Å². The van der Waals surface area contributed by atoms with E-state index in [9.17, 15) is 14.9 Å². The molecule has 136 valence electrons. The third-order valence-corrected chi connectivity index (χ3v) is 4.75. The Kier molecular flexibility index (Phi) is 5.46. The molecule has 3 rings (SSSR count). The molecule has 1 saturated heterocycles. The molecule has 1 aliphatic rings. The number of anilines is 1. The highest BCUT2D eigenvalue weighted by molar-refractivity contribution is 5.77. The Morgan fingerprint density at radius 2 is 1.85 bits per heavy atom. The van der Waals surface area contributed by atoms with Crippen molar-refractivity contribution in [3.05, 3.63) is 64.3 Å². The Hall–Kier alpha value is -2.96. The summed E-state index contributed by atoms with van der Waals surface area (Å²) in [4.78, 5) is 30.9. The van der Waals surface area contributed by atoms with Crippen molar-refractivity contribution in [2.45, 2.75) is 19.3 Å². The lowest BCUT2D eigenvalue weighted by molar-refractivity contribution is -0.385. The first kappa shape index (κ1) is 17.8. The lowest BCUT2D eigenvalue weighted by atomic mass is 9.97. The maximum atomic E-state index is 12.6. The summed E-state index contributed by atoms with van der Waals surface area (Å²) >= 11 is 0. The topological polar surface area (TPSA) is 79.6 Å². The fraction of sp³-hybridized carbons (Fsp3) is 0.368. The molecule has 0 unspecified atom stereocenters. The smallest absolute Gasteiger partial charge is 0.287 e. The van der Waals surface area contributed by atoms with Gasteiger partial charge in [-0.05, 0) is 17.5 Å². The van der Waals surface area contributed by atoms with Crippen LogP contribution in [0.15, 0.2) is 48.7 Å². The third-order valence-electron chi connectivity index (χ3n) is 4.75. The van der Waals surface area contributed by atoms with Gasteiger partial charge in [0, 0.05) is 38.7 Å². The van der Waals surface area contributed by atoms with Gasteiger partial charge < -0.3 is 9.80 Å². The van der Waals surface area contributed by atoms with E-state index in [1.165, 1.54) is 17.8 Å². The summed E-state index contributed by atoms with van der Waals surface area (Å²) in [6.07, 6.45) is 1.77. The SMILES string of the molecule is C[C@H](CC(=O)N1CCN(c2ccc([N+](=O)[O-])cn2)CC1)c1ccccc1. The van der Waals surface area contributed by atoms with Crippen molar-refractivity contribution in [1.29, 1.82) is 0 Å². The molecular formula is C19H22N4O3. The van der Waals surface area contributed by atoms with Crippen molar-refractivity contribution >= 4 is 17.4 Å². The van der Waals surface area contributed by atoms with Gasteiger partial charge in [-0.2, -0.15) is 0 Å². The second kappa shape index (κ2) is 7.95. The number of piperazine rings is 1. The predicted molar refractivity (Wildman–Crippen MR) is 99.2 cm³/mol. The molecule has 0 bridgehead atoms. The highest BCUT2D eigenvalue weighted by atomic mass is 16.6. The van der Waals surface area contributed by atoms with E-state index in [1.807, 2.05) is 28.0 Å². The Morgan fingerprint density at radius 1 is 1.15 bits per heavy atom. The van der Waals surface area contributed by atoms with Gasteiger partial charge >= 0.3 is 0 Å². The molecule has 1 amide bonds. The van der Waals surface area contributed by atoms with Gasteiger partial charge in [0.2, 0.25) is 5.91 Å². The zero-order chi connectivity index (χ0) is 18.5. The average Bonchev–Trinajstić information content (AvgIpc) is 2.69. The molecule has 0 spiro atoms. The van der Waals surface area contributed by atoms with E-state index in [-0.39, 0.29) is 17.5 Å². The predicted octanol–water partition coefficient (Wildman–Crippen LogP) is 2.83. The molecule has 1 aromatic heterocycles. The van der Waals surface area contributed by atoms with E-state index >= 15 is 0 Å². The summed E-state index contributed by atoms with van der Waals surface area (Å²) in [5, 5.41) is 10.7. The molecule has 1 aromatic carbocycles. The monoisotopic (exact) mass is 354 g/mol. The van der Waals surface area contributed by atoms with Gasteiger partial charge in [-0.15, -0.1) is 0 Å². The van der Waals surface area contributed by atoms with Crippen LogP contribution in [0, 0.1) is 10.1 Å². The summed E-state index contributed by atoms with van der Waals surface area (Å²) in [6, 6.07) is 13.2. The van der Waals surface area contributed by atoms with Crippen molar-refractivity contribution < 1.29 is 9.72 Å². The maximum absolute atomic E-state index is 12.6. The maximum Gasteiger partial charge on any atom is 0.287 e. The van der Waals surface area contributed by atoms with Crippen molar-refractivity contribution in [2.24, 2.45) is 0 Å². The van der Waals surface area contributed by atoms with Gasteiger partial charge in [-0.25, -0.2) is 4.98 Å². The summed E-state index contributed by atoms with van der Waals surface area (Å²) < 4.78 is 0. The van der Waals surface area contributed by atoms with E-state index in [0.29, 0.717) is 38.4 Å². The van der Waals surface area contributed by atoms with Gasteiger partial charge in [0.15, 0.2) is 0 Å². The highest BCUT2D eigenvalue weighted by Crippen LogP contribution is 2.21. The van der Waals surface area contributed by atoms with Crippen LogP contribution in [0.2, 0.25) is 0 Å². The number of rotatable bonds is 5. The van der Waals surface area contributed by atoms with E-state index in [0.717, 1.165) is 0 Å². The minimum atomic E-state index is -0.457. The standard InChI is InChI=1S/C19H22N4O3/c1-15(16-5-3-2-4-6-16)13-19(24)22-11-9-21(10-12-22)18-8-7-17(14-20-18)23(25)26/h2-8,14-15H,9-13H2,1H3/t15-/m1/s1. The van der Waals surface area contributed by atoms with Gasteiger partial charge in [0.25, 0.3) is 5.69 Å². The first-order valence-electron chi connectivity index (χ1n) is 8.72. The van der Waals surface area contributed by atoms with Crippen LogP contribution in [0.4, 0.5) is 11.5 Å². The Bertz CT molecular complexity index is 756. The fourth-order valence-electron chi connectivity index (χ4n) is 3.15. The normalized spacial score (nSPS) is 15.6. The summed E-state index contributed by atoms with van der Waals surface area (Å²) in [6.45, 7) is 4.70. The summed E-state index contributed by atoms with van der Waals surface area (Å²) in [5.74, 6) is 1.07. The molecule has 0 radical (unpaired) electrons. The van der Waals surface area contributed by atoms with Crippen LogP contribution in [0.3, 0.4) is 0 Å². The number of amides is 1. The van der Waals surface area contributed by atoms with Crippen molar-refractivity contribution in [1.82, 2.24) is 9.88 Å². The largest absolute Gasteiger partial charge is 0.353 e. The van der Waals surface area contributed by atoms with Crippen LogP contribution in [-0.2, 0) is 4.79 Å². The van der Waals surface area contributed by atoms with Crippen LogP contribution in [0.1, 0.15) is 24.8 Å². The van der Waals surface area contributed by atoms with E-state index in [1.54, 1.807) is 6.07 Å². The number of pyridine rings is 1. The molecule has 7 nitrogen and oxygen atoms in total. The molecule has 7 heteroatoms. The Balaban J connectivity index is 1.53. The molecule has 26 heavy (non-hydrogen) atoms. The highest BCUT2D eigenvalue weighted by Gasteiger charge is 2.23. The molecule has 0 N–H and O–H groups in total. The van der Waals surface area contributed by atoms with Crippen molar-refractivity contribution in [3.8, 4) is 0 Å². The number of hydrogen-bond donors (Lipinski definition) is 0. The summed E-state index contributed by atoms with van der Waals surface area (Å²) in [5.41, 5.74) is 1.16. The minimum Gasteiger partial charge on any atom is -0.353 e. The molecule has 2 heterocycles. The zero-order valence-corrected chi connectivity index (χ0v) is 14.7. The molecule has 2 aromatic rings. The van der Waals surface area contributed by atoms with Gasteiger partial charge in [-0.3, -0.25) is 14.9 Å². The van der Waals surface area contributed by atoms with Gasteiger partial charge in [-0.1, -0.05) is 37.3 Å². The van der Waals surface area contributed by atoms with Crippen molar-refractivity contribution in [3.63, 3.8) is 0 Å². The number of hydrogen-bond acceptors (Lipinski definition) is 5. The number of nitro groups is 1. The number of nitrogens with zero attached hydrogens (tertiary/aromatic N) is 4. The fourth-order valence-corrected chi connectivity index (χ4v) is 3.15. The lowest BCUT2D eigenvalue weighted by Crippen LogP contribution is -2.49. The second-order valence-corrected chi connectivity index (χ2v) is 6.52. The van der Waals surface area contributed by atoms with Gasteiger partial charge in [0.05, 0.1) is 4.92 Å². The van der Waals surface area contributed by atoms with Crippen LogP contribution in [-0.4, -0.2) is 46.9 Å². The Labute approximate surface area is 152 Å². The molecule has 0 saturated carbocycles. The second-order valence-electron chi connectivity index (χ2n) is 6.52. The molecule has 1 fully saturated rings. The quantitative estimate of drug-likeness (QED) is 0.609. The number of benzene rings is 1. The summed E-state index contributed by atoms with van der Waals surface area (Å²) in [7, 11) is 0. The van der Waals surface area contributed by atoms with E-state index in [4.69, 9.17) is 0 Å². The van der Waals surface area contributed by atoms with Crippen molar-refractivity contribution in [2.75, 3.05) is 31.1 Å². The zero-order valence-electron chi connectivity index (χ0n) is 14.7. The molecule has 1 atom stereocenters. The Morgan fingerprint density at radius 3 is 2.42 bits per heavy atom. The first-order chi connectivity index (χ1) is 12.5. The van der Waals surface area contributed by atoms with Crippen LogP contribution in [0.25, 0.3) is 0 Å². The lowest BCUT2D eigenvalue weighted by Gasteiger charge is -2.35. The number of aromatic nitrogens is 1. The first-order valence-corrected chi connectivity index (χ1v) is 8.72. The molecular weight excluding hydrogens is 332 g/mol. The van der Waals surface area contributed by atoms with E-state index in [2.05, 4.69) is 24.0 Å². The van der Waals surface area contributed by atoms with Crippen LogP contribution in [0.5, 0.6) is 0 Å². The number of carbonyl (C=O) groups excluding carboxylic acids is 1. The van der Waals surface area contributed by atoms with Crippen LogP contribution >= 0.6 is 0 Å². The molecule has 0 aliphatic carbocycles. The van der Waals surface area contributed by atoms with Gasteiger partial charge in [0.1, 0.15) is 12.0 Å². The minimum absolute atomic E-state index is 0.0162. The average molecular weight is 354 g/mol. The third kappa shape index (κ3) is 4.17. The molecule has 1 aliphatic heterocycles. The van der Waals surface area contributed by atoms with Crippen LogP contribution < -0.4 is 4.90 Å².